The third-order valence-electron chi connectivity index (χ3n) is 14.1. The molecule has 0 saturated heterocycles. The van der Waals surface area contributed by atoms with Gasteiger partial charge < -0.3 is 15.6 Å². The van der Waals surface area contributed by atoms with Gasteiger partial charge in [0.1, 0.15) is 6.10 Å². The monoisotopic (exact) mass is 559 g/mol. The van der Waals surface area contributed by atoms with Crippen molar-refractivity contribution in [3.05, 3.63) is 53.1 Å². The lowest BCUT2D eigenvalue weighted by atomic mass is 9.36. The Morgan fingerprint density at radius 2 is 1.59 bits per heavy atom. The van der Waals surface area contributed by atoms with Gasteiger partial charge in [-0.1, -0.05) is 60.6 Å². The fraction of sp³-hybridized carbons (Fsp3) is 0.703. The maximum atomic E-state index is 13.1. The van der Waals surface area contributed by atoms with Crippen LogP contribution >= 0.6 is 0 Å². The molecule has 3 fully saturated rings. The van der Waals surface area contributed by atoms with Crippen LogP contribution in [0.2, 0.25) is 0 Å². The Bertz CT molecular complexity index is 1290. The summed E-state index contributed by atoms with van der Waals surface area (Å²) in [6.07, 6.45) is 15.3. The van der Waals surface area contributed by atoms with E-state index in [2.05, 4.69) is 60.6 Å². The Balaban J connectivity index is 1.31. The summed E-state index contributed by atoms with van der Waals surface area (Å²) in [5, 5.41) is 10.4. The number of aliphatic hydroxyl groups excluding tert-OH is 1. The number of nitrogen functional groups attached to an aromatic ring is 1. The zero-order valence-electron chi connectivity index (χ0n) is 26.6. The summed E-state index contributed by atoms with van der Waals surface area (Å²) >= 11 is 0. The summed E-state index contributed by atoms with van der Waals surface area (Å²) in [6, 6.07) is 7.07. The molecule has 0 heterocycles. The van der Waals surface area contributed by atoms with E-state index in [-0.39, 0.29) is 39.1 Å². The van der Waals surface area contributed by atoms with Gasteiger partial charge in [0.15, 0.2) is 0 Å². The average Bonchev–Trinajstić information content (AvgIpc) is 2.93. The zero-order chi connectivity index (χ0) is 29.6. The highest BCUT2D eigenvalue weighted by Gasteiger charge is 2.66. The number of esters is 1. The molecule has 8 atom stereocenters. The van der Waals surface area contributed by atoms with Crippen LogP contribution in [0.1, 0.15) is 117 Å². The lowest BCUT2D eigenvalue weighted by molar-refractivity contribution is -0.150. The van der Waals surface area contributed by atoms with Gasteiger partial charge in [-0.2, -0.15) is 0 Å². The highest BCUT2D eigenvalue weighted by atomic mass is 16.5. The average molecular weight is 560 g/mol. The Labute approximate surface area is 248 Å². The van der Waals surface area contributed by atoms with Gasteiger partial charge in [-0.05, 0) is 132 Å². The van der Waals surface area contributed by atoms with Crippen LogP contribution in [0.5, 0.6) is 0 Å². The Hall–Kier alpha value is -2.07. The number of fused-ring (bicyclic) bond motifs is 7. The minimum Gasteiger partial charge on any atom is -0.458 e. The van der Waals surface area contributed by atoms with Crippen molar-refractivity contribution < 1.29 is 14.6 Å². The number of nitrogens with two attached hydrogens (primary N) is 1. The largest absolute Gasteiger partial charge is 0.458 e. The number of aliphatic hydroxyl groups is 1. The van der Waals surface area contributed by atoms with Crippen molar-refractivity contribution in [1.82, 2.24) is 0 Å². The third-order valence-corrected chi connectivity index (χ3v) is 14.1. The number of benzene rings is 1. The highest BCUT2D eigenvalue weighted by Crippen LogP contribution is 2.74. The van der Waals surface area contributed by atoms with Gasteiger partial charge in [0, 0.05) is 17.7 Å². The van der Waals surface area contributed by atoms with E-state index in [4.69, 9.17) is 10.5 Å². The van der Waals surface area contributed by atoms with Crippen molar-refractivity contribution in [2.75, 3.05) is 12.3 Å². The van der Waals surface area contributed by atoms with Crippen LogP contribution in [0.3, 0.4) is 0 Å². The normalized spacial score (nSPS) is 44.7. The number of hydrogen-bond donors (Lipinski definition) is 2. The van der Waals surface area contributed by atoms with Gasteiger partial charge in [0.25, 0.3) is 0 Å². The van der Waals surface area contributed by atoms with Gasteiger partial charge in [-0.15, -0.1) is 0 Å². The molecule has 0 aromatic heterocycles. The molecule has 0 aliphatic heterocycles. The van der Waals surface area contributed by atoms with Crippen molar-refractivity contribution >= 4 is 11.7 Å². The van der Waals surface area contributed by atoms with Gasteiger partial charge in [0.05, 0.1) is 5.56 Å². The van der Waals surface area contributed by atoms with E-state index in [0.717, 1.165) is 38.5 Å². The molecule has 3 N–H and O–H groups in total. The maximum Gasteiger partial charge on any atom is 0.338 e. The van der Waals surface area contributed by atoms with E-state index in [1.54, 1.807) is 35.4 Å². The maximum absolute atomic E-state index is 13.1. The number of carbonyl (C=O) groups is 1. The fourth-order valence-electron chi connectivity index (χ4n) is 10.8. The first-order valence-electron chi connectivity index (χ1n) is 16.2. The first-order valence-corrected chi connectivity index (χ1v) is 16.2. The molecule has 1 aromatic carbocycles. The van der Waals surface area contributed by atoms with E-state index >= 15 is 0 Å². The minimum absolute atomic E-state index is 0.0413. The summed E-state index contributed by atoms with van der Waals surface area (Å²) in [5.74, 6) is 0.785. The van der Waals surface area contributed by atoms with Crippen LogP contribution in [0.25, 0.3) is 0 Å². The number of ether oxygens (including phenoxy) is 1. The summed E-state index contributed by atoms with van der Waals surface area (Å²) in [6.45, 7) is 17.5. The van der Waals surface area contributed by atoms with Gasteiger partial charge >= 0.3 is 5.97 Å². The molecular formula is C37H53NO3. The number of rotatable bonds is 3. The van der Waals surface area contributed by atoms with E-state index in [1.165, 1.54) is 19.3 Å². The Morgan fingerprint density at radius 3 is 2.27 bits per heavy atom. The highest BCUT2D eigenvalue weighted by molar-refractivity contribution is 5.89. The van der Waals surface area contributed by atoms with E-state index in [1.807, 2.05) is 0 Å². The molecule has 1 aromatic rings. The predicted octanol–water partition coefficient (Wildman–Crippen LogP) is 8.51. The lowest BCUT2D eigenvalue weighted by Gasteiger charge is -2.69. The van der Waals surface area contributed by atoms with Crippen LogP contribution in [0, 0.1) is 44.3 Å². The van der Waals surface area contributed by atoms with Crippen LogP contribution in [-0.4, -0.2) is 23.8 Å². The second-order valence-electron chi connectivity index (χ2n) is 16.7. The summed E-state index contributed by atoms with van der Waals surface area (Å²) in [4.78, 5) is 13.1. The standard InChI is InChI=1S/C37H53NO3/c1-32(2)28-13-12-27-26(35(28,5)16-15-30(32)41-31(40)24-8-10-25(38)11-9-24)14-17-37(7)29-22-33(3,23-39)18-19-34(29,4)20-21-36(27,37)6/h8-12,14,28-30,39H,13,15-23,38H2,1-7H3. The van der Waals surface area contributed by atoms with Crippen LogP contribution in [-0.2, 0) is 4.74 Å². The predicted molar refractivity (Wildman–Crippen MR) is 166 cm³/mol. The summed E-state index contributed by atoms with van der Waals surface area (Å²) < 4.78 is 6.24. The van der Waals surface area contributed by atoms with Crippen molar-refractivity contribution in [2.24, 2.45) is 44.3 Å². The van der Waals surface area contributed by atoms with Gasteiger partial charge in [-0.3, -0.25) is 0 Å². The van der Waals surface area contributed by atoms with Crippen molar-refractivity contribution in [3.8, 4) is 0 Å². The summed E-state index contributed by atoms with van der Waals surface area (Å²) in [7, 11) is 0. The van der Waals surface area contributed by atoms with Crippen LogP contribution < -0.4 is 5.73 Å². The first-order chi connectivity index (χ1) is 19.1. The molecule has 0 spiro atoms. The second kappa shape index (κ2) is 9.21. The quantitative estimate of drug-likeness (QED) is 0.288. The molecular weight excluding hydrogens is 506 g/mol. The molecule has 0 amide bonds. The Kier molecular flexibility index (Phi) is 6.52. The molecule has 4 heteroatoms. The molecule has 0 bridgehead atoms. The zero-order valence-corrected chi connectivity index (χ0v) is 26.6. The van der Waals surface area contributed by atoms with Crippen LogP contribution in [0.15, 0.2) is 47.6 Å². The van der Waals surface area contributed by atoms with Crippen molar-refractivity contribution in [3.63, 3.8) is 0 Å². The molecule has 224 valence electrons. The number of hydrogen-bond acceptors (Lipinski definition) is 4. The number of anilines is 1. The van der Waals surface area contributed by atoms with Crippen molar-refractivity contribution in [1.29, 1.82) is 0 Å². The smallest absolute Gasteiger partial charge is 0.338 e. The molecule has 4 nitrogen and oxygen atoms in total. The molecule has 5 aliphatic carbocycles. The van der Waals surface area contributed by atoms with Gasteiger partial charge in [0.2, 0.25) is 0 Å². The van der Waals surface area contributed by atoms with E-state index in [0.29, 0.717) is 35.1 Å². The Morgan fingerprint density at radius 1 is 0.902 bits per heavy atom. The fourth-order valence-corrected chi connectivity index (χ4v) is 10.8. The molecule has 0 radical (unpaired) electrons. The lowest BCUT2D eigenvalue weighted by Crippen LogP contribution is -2.61. The molecule has 3 saturated carbocycles. The van der Waals surface area contributed by atoms with E-state index in [9.17, 15) is 9.90 Å². The molecule has 8 unspecified atom stereocenters. The topological polar surface area (TPSA) is 72.5 Å². The number of allylic oxidation sites excluding steroid dienone is 4. The third kappa shape index (κ3) is 4.05. The first kappa shape index (κ1) is 29.0. The SMILES string of the molecule is CC1(CO)CCC2(C)CCC3(C)C4=CCC5C(C)(CCC(OC(=O)c6ccc(N)cc6)C5(C)C)C4=CCC3(C)C2C1. The van der Waals surface area contributed by atoms with Crippen molar-refractivity contribution in [2.45, 2.75) is 112 Å². The molecule has 41 heavy (non-hydrogen) atoms. The molecule has 6 rings (SSSR count). The van der Waals surface area contributed by atoms with Gasteiger partial charge in [-0.25, -0.2) is 4.79 Å². The molecule has 5 aliphatic rings. The minimum atomic E-state index is -0.244. The van der Waals surface area contributed by atoms with E-state index < -0.39 is 0 Å². The van der Waals surface area contributed by atoms with Crippen LogP contribution in [0.4, 0.5) is 5.69 Å². The summed E-state index contributed by atoms with van der Waals surface area (Å²) in [5.41, 5.74) is 11.0. The number of carbonyl (C=O) groups excluding carboxylic acids is 1. The second-order valence-corrected chi connectivity index (χ2v) is 16.7.